The summed E-state index contributed by atoms with van der Waals surface area (Å²) in [5.74, 6) is 0.485. The molecular formula is C9H12N2. The van der Waals surface area contributed by atoms with Gasteiger partial charge in [-0.05, 0) is 12.0 Å². The predicted molar refractivity (Wildman–Crippen MR) is 46.4 cm³/mol. The van der Waals surface area contributed by atoms with Crippen LogP contribution in [0, 0.1) is 5.92 Å². The molecule has 0 radical (unpaired) electrons. The summed E-state index contributed by atoms with van der Waals surface area (Å²) in [6.07, 6.45) is 7.32. The first kappa shape index (κ1) is 6.65. The Morgan fingerprint density at radius 3 is 3.45 bits per heavy atom. The van der Waals surface area contributed by atoms with Gasteiger partial charge in [-0.25, -0.2) is 0 Å². The van der Waals surface area contributed by atoms with Crippen LogP contribution in [0.3, 0.4) is 0 Å². The van der Waals surface area contributed by atoms with Crippen molar-refractivity contribution in [3.8, 4) is 0 Å². The quantitative estimate of drug-likeness (QED) is 0.552. The fourth-order valence-electron chi connectivity index (χ4n) is 1.50. The van der Waals surface area contributed by atoms with E-state index in [1.54, 1.807) is 0 Å². The summed E-state index contributed by atoms with van der Waals surface area (Å²) in [5, 5.41) is 3.30. The Balaban J connectivity index is 2.34. The molecule has 0 spiro atoms. The molecule has 1 saturated heterocycles. The van der Waals surface area contributed by atoms with Gasteiger partial charge in [0.05, 0.1) is 5.70 Å². The molecule has 0 bridgehead atoms. The smallest absolute Gasteiger partial charge is 0.0556 e. The highest BCUT2D eigenvalue weighted by molar-refractivity contribution is 5.65. The number of hydrogen-bond donors (Lipinski definition) is 1. The summed E-state index contributed by atoms with van der Waals surface area (Å²) in [4.78, 5) is 4.19. The average molecular weight is 148 g/mol. The lowest BCUT2D eigenvalue weighted by molar-refractivity contribution is 0.909. The Morgan fingerprint density at radius 1 is 1.64 bits per heavy atom. The second-order valence-electron chi connectivity index (χ2n) is 3.07. The van der Waals surface area contributed by atoms with E-state index in [0.29, 0.717) is 5.92 Å². The maximum absolute atomic E-state index is 4.19. The first-order valence-corrected chi connectivity index (χ1v) is 4.04. The third kappa shape index (κ3) is 1.20. The topological polar surface area (TPSA) is 24.4 Å². The maximum Gasteiger partial charge on any atom is 0.0556 e. The highest BCUT2D eigenvalue weighted by Crippen LogP contribution is 2.21. The second-order valence-corrected chi connectivity index (χ2v) is 3.07. The van der Waals surface area contributed by atoms with E-state index in [4.69, 9.17) is 0 Å². The number of aliphatic imine (C=N–C) groups is 1. The highest BCUT2D eigenvalue weighted by Gasteiger charge is 2.14. The van der Waals surface area contributed by atoms with Crippen LogP contribution in [0.2, 0.25) is 0 Å². The zero-order chi connectivity index (χ0) is 7.68. The lowest BCUT2D eigenvalue weighted by atomic mass is 10.1. The first-order valence-electron chi connectivity index (χ1n) is 4.04. The molecule has 0 aromatic carbocycles. The van der Waals surface area contributed by atoms with Crippen LogP contribution >= 0.6 is 0 Å². The lowest BCUT2D eigenvalue weighted by Crippen LogP contribution is -2.02. The Morgan fingerprint density at radius 2 is 2.55 bits per heavy atom. The van der Waals surface area contributed by atoms with Crippen molar-refractivity contribution < 1.29 is 0 Å². The summed E-state index contributed by atoms with van der Waals surface area (Å²) in [5.41, 5.74) is 2.64. The van der Waals surface area contributed by atoms with Crippen molar-refractivity contribution in [3.63, 3.8) is 0 Å². The number of rotatable bonds is 0. The molecule has 0 aromatic heterocycles. The van der Waals surface area contributed by atoms with Gasteiger partial charge in [-0.1, -0.05) is 13.0 Å². The predicted octanol–water partition coefficient (Wildman–Crippen LogP) is 1.47. The molecule has 58 valence electrons. The largest absolute Gasteiger partial charge is 0.383 e. The SMILES string of the molecule is CC1C=NC=C2NCCC2=C1. The van der Waals surface area contributed by atoms with Crippen LogP contribution in [0.25, 0.3) is 0 Å². The Hall–Kier alpha value is -1.05. The Bertz CT molecular complexity index is 248. The minimum absolute atomic E-state index is 0.485. The molecule has 0 saturated carbocycles. The summed E-state index contributed by atoms with van der Waals surface area (Å²) < 4.78 is 0. The van der Waals surface area contributed by atoms with Crippen LogP contribution in [0.1, 0.15) is 13.3 Å². The van der Waals surface area contributed by atoms with Crippen LogP contribution in [0.15, 0.2) is 28.5 Å². The van der Waals surface area contributed by atoms with Crippen LogP contribution in [-0.4, -0.2) is 12.8 Å². The second kappa shape index (κ2) is 2.53. The average Bonchev–Trinajstić information content (AvgIpc) is 2.31. The Kier molecular flexibility index (Phi) is 1.53. The number of nitrogens with one attached hydrogen (secondary N) is 1. The van der Waals surface area contributed by atoms with Crippen molar-refractivity contribution >= 4 is 6.21 Å². The van der Waals surface area contributed by atoms with Crippen LogP contribution in [-0.2, 0) is 0 Å². The molecule has 2 heterocycles. The van der Waals surface area contributed by atoms with Gasteiger partial charge in [0.15, 0.2) is 0 Å². The summed E-state index contributed by atoms with van der Waals surface area (Å²) in [7, 11) is 0. The van der Waals surface area contributed by atoms with E-state index in [0.717, 1.165) is 13.0 Å². The summed E-state index contributed by atoms with van der Waals surface area (Å²) >= 11 is 0. The molecule has 2 aliphatic heterocycles. The normalized spacial score (nSPS) is 28.3. The van der Waals surface area contributed by atoms with Crippen LogP contribution < -0.4 is 5.32 Å². The van der Waals surface area contributed by atoms with E-state index in [9.17, 15) is 0 Å². The van der Waals surface area contributed by atoms with E-state index >= 15 is 0 Å². The van der Waals surface area contributed by atoms with Gasteiger partial charge in [-0.3, -0.25) is 4.99 Å². The van der Waals surface area contributed by atoms with E-state index < -0.39 is 0 Å². The highest BCUT2D eigenvalue weighted by atomic mass is 14.9. The third-order valence-corrected chi connectivity index (χ3v) is 2.04. The minimum atomic E-state index is 0.485. The molecule has 0 aliphatic carbocycles. The van der Waals surface area contributed by atoms with Crippen LogP contribution in [0.5, 0.6) is 0 Å². The molecule has 2 nitrogen and oxygen atoms in total. The fraction of sp³-hybridized carbons (Fsp3) is 0.444. The van der Waals surface area contributed by atoms with Crippen molar-refractivity contribution in [3.05, 3.63) is 23.5 Å². The fourth-order valence-corrected chi connectivity index (χ4v) is 1.50. The lowest BCUT2D eigenvalue weighted by Gasteiger charge is -1.98. The van der Waals surface area contributed by atoms with Gasteiger partial charge < -0.3 is 5.32 Å². The number of allylic oxidation sites excluding steroid dienone is 2. The third-order valence-electron chi connectivity index (χ3n) is 2.04. The molecule has 2 heteroatoms. The molecule has 11 heavy (non-hydrogen) atoms. The monoisotopic (exact) mass is 148 g/mol. The van der Waals surface area contributed by atoms with Crippen molar-refractivity contribution in [2.24, 2.45) is 10.9 Å². The number of nitrogens with zero attached hydrogens (tertiary/aromatic N) is 1. The Labute approximate surface area is 66.7 Å². The minimum Gasteiger partial charge on any atom is -0.383 e. The van der Waals surface area contributed by atoms with Crippen molar-refractivity contribution in [1.29, 1.82) is 0 Å². The van der Waals surface area contributed by atoms with Gasteiger partial charge in [0, 0.05) is 24.9 Å². The van der Waals surface area contributed by atoms with Gasteiger partial charge in [0.25, 0.3) is 0 Å². The molecule has 2 aliphatic rings. The number of hydrogen-bond acceptors (Lipinski definition) is 2. The summed E-state index contributed by atoms with van der Waals surface area (Å²) in [6, 6.07) is 0. The summed E-state index contributed by atoms with van der Waals surface area (Å²) in [6.45, 7) is 3.23. The number of fused-ring (bicyclic) bond motifs is 1. The maximum atomic E-state index is 4.19. The van der Waals surface area contributed by atoms with Gasteiger partial charge >= 0.3 is 0 Å². The molecule has 2 rings (SSSR count). The first-order chi connectivity index (χ1) is 5.36. The van der Waals surface area contributed by atoms with Gasteiger partial charge in [0.2, 0.25) is 0 Å². The van der Waals surface area contributed by atoms with E-state index in [-0.39, 0.29) is 0 Å². The van der Waals surface area contributed by atoms with Crippen molar-refractivity contribution in [1.82, 2.24) is 5.32 Å². The van der Waals surface area contributed by atoms with E-state index in [1.165, 1.54) is 11.3 Å². The van der Waals surface area contributed by atoms with Crippen molar-refractivity contribution in [2.75, 3.05) is 6.54 Å². The van der Waals surface area contributed by atoms with Gasteiger partial charge in [-0.2, -0.15) is 0 Å². The molecule has 0 amide bonds. The molecule has 1 atom stereocenters. The molecule has 0 aromatic rings. The zero-order valence-electron chi connectivity index (χ0n) is 6.67. The standard InChI is InChI=1S/C9H12N2/c1-7-4-8-2-3-11-9(8)6-10-5-7/h4-7,11H,2-3H2,1H3. The van der Waals surface area contributed by atoms with Crippen molar-refractivity contribution in [2.45, 2.75) is 13.3 Å². The molecule has 1 fully saturated rings. The zero-order valence-corrected chi connectivity index (χ0v) is 6.67. The van der Waals surface area contributed by atoms with Gasteiger partial charge in [-0.15, -0.1) is 0 Å². The molecule has 1 unspecified atom stereocenters. The van der Waals surface area contributed by atoms with Crippen LogP contribution in [0.4, 0.5) is 0 Å². The van der Waals surface area contributed by atoms with Gasteiger partial charge in [0.1, 0.15) is 0 Å². The molecular weight excluding hydrogens is 136 g/mol. The van der Waals surface area contributed by atoms with E-state index in [1.807, 2.05) is 12.4 Å². The molecule has 1 N–H and O–H groups in total. The van der Waals surface area contributed by atoms with E-state index in [2.05, 4.69) is 23.3 Å².